The largest absolute Gasteiger partial charge is 0.478 e. The molecule has 0 aromatic heterocycles. The number of hydrogen-bond donors (Lipinski definition) is 3. The van der Waals surface area contributed by atoms with E-state index in [9.17, 15) is 29.7 Å². The first-order valence-electron chi connectivity index (χ1n) is 7.93. The highest BCUT2D eigenvalue weighted by molar-refractivity contribution is 6.09. The zero-order chi connectivity index (χ0) is 19.6. The van der Waals surface area contributed by atoms with Crippen LogP contribution in [0.15, 0.2) is 66.7 Å². The smallest absolute Gasteiger partial charge is 0.337 e. The minimum absolute atomic E-state index is 0.0410. The van der Waals surface area contributed by atoms with Crippen molar-refractivity contribution in [2.24, 2.45) is 0 Å². The third-order valence-corrected chi connectivity index (χ3v) is 4.13. The van der Waals surface area contributed by atoms with Crippen LogP contribution in [0.5, 0.6) is 0 Å². The van der Waals surface area contributed by atoms with Gasteiger partial charge in [0.05, 0.1) is 16.7 Å². The first kappa shape index (κ1) is 17.9. The Morgan fingerprint density at radius 2 is 1.19 bits per heavy atom. The molecular weight excluding hydrogens is 348 g/mol. The number of benzene rings is 3. The van der Waals surface area contributed by atoms with Crippen LogP contribution in [0.3, 0.4) is 0 Å². The van der Waals surface area contributed by atoms with Crippen LogP contribution in [-0.2, 0) is 0 Å². The van der Waals surface area contributed by atoms with Crippen LogP contribution in [0.4, 0.5) is 0 Å². The van der Waals surface area contributed by atoms with Crippen molar-refractivity contribution in [2.45, 2.75) is 0 Å². The summed E-state index contributed by atoms with van der Waals surface area (Å²) in [7, 11) is 0. The van der Waals surface area contributed by atoms with Crippen molar-refractivity contribution >= 4 is 17.9 Å². The fraction of sp³-hybridized carbons (Fsp3) is 0. The van der Waals surface area contributed by atoms with Crippen molar-refractivity contribution in [1.29, 1.82) is 0 Å². The lowest BCUT2D eigenvalue weighted by atomic mass is 9.88. The summed E-state index contributed by atoms with van der Waals surface area (Å²) < 4.78 is 0. The predicted molar refractivity (Wildman–Crippen MR) is 98.2 cm³/mol. The number of carboxylic acids is 3. The highest BCUT2D eigenvalue weighted by Gasteiger charge is 2.25. The average Bonchev–Trinajstić information content (AvgIpc) is 2.67. The zero-order valence-electron chi connectivity index (χ0n) is 13.9. The van der Waals surface area contributed by atoms with E-state index in [1.807, 2.05) is 30.3 Å². The Bertz CT molecular complexity index is 1050. The highest BCUT2D eigenvalue weighted by atomic mass is 16.4. The Hall–Kier alpha value is -3.93. The van der Waals surface area contributed by atoms with Crippen LogP contribution >= 0.6 is 0 Å². The van der Waals surface area contributed by atoms with Crippen molar-refractivity contribution in [3.8, 4) is 22.3 Å². The fourth-order valence-corrected chi connectivity index (χ4v) is 2.96. The molecule has 0 aliphatic heterocycles. The van der Waals surface area contributed by atoms with Gasteiger partial charge in [0.2, 0.25) is 0 Å². The Kier molecular flexibility index (Phi) is 4.72. The summed E-state index contributed by atoms with van der Waals surface area (Å²) >= 11 is 0. The van der Waals surface area contributed by atoms with Gasteiger partial charge in [-0.15, -0.1) is 0 Å². The fourth-order valence-electron chi connectivity index (χ4n) is 2.96. The molecular formula is C21H14O6. The van der Waals surface area contributed by atoms with E-state index in [-0.39, 0.29) is 11.1 Å². The van der Waals surface area contributed by atoms with E-state index in [0.29, 0.717) is 11.1 Å². The van der Waals surface area contributed by atoms with Crippen molar-refractivity contribution < 1.29 is 29.7 Å². The van der Waals surface area contributed by atoms with Gasteiger partial charge in [-0.3, -0.25) is 0 Å². The molecule has 3 N–H and O–H groups in total. The maximum absolute atomic E-state index is 11.8. The molecule has 3 rings (SSSR count). The van der Waals surface area contributed by atoms with Gasteiger partial charge in [0.15, 0.2) is 0 Å². The summed E-state index contributed by atoms with van der Waals surface area (Å²) in [4.78, 5) is 34.9. The molecule has 0 radical (unpaired) electrons. The van der Waals surface area contributed by atoms with E-state index in [1.54, 1.807) is 24.3 Å². The first-order valence-corrected chi connectivity index (χ1v) is 7.93. The molecule has 3 aromatic rings. The van der Waals surface area contributed by atoms with Crippen LogP contribution in [0, 0.1) is 0 Å². The van der Waals surface area contributed by atoms with E-state index in [1.165, 1.54) is 6.07 Å². The lowest BCUT2D eigenvalue weighted by Crippen LogP contribution is -2.13. The Morgan fingerprint density at radius 1 is 0.593 bits per heavy atom. The Labute approximate surface area is 154 Å². The molecule has 0 saturated carbocycles. The standard InChI is InChI=1S/C21H14O6/c22-19(23)13-10-16(18(21(26)27)17(11-13)20(24)25)15-9-5-4-8-14(15)12-6-2-1-3-7-12/h1-11H,(H,22,23)(H,24,25)(H,26,27). The minimum Gasteiger partial charge on any atom is -0.478 e. The first-order chi connectivity index (χ1) is 12.9. The molecule has 6 heteroatoms. The number of carboxylic acid groups (broad SMARTS) is 3. The van der Waals surface area contributed by atoms with Gasteiger partial charge in [0, 0.05) is 0 Å². The zero-order valence-corrected chi connectivity index (χ0v) is 13.9. The molecule has 0 atom stereocenters. The second-order valence-corrected chi connectivity index (χ2v) is 5.77. The normalized spacial score (nSPS) is 10.4. The molecule has 3 aromatic carbocycles. The number of carbonyl (C=O) groups is 3. The molecule has 0 unspecified atom stereocenters. The summed E-state index contributed by atoms with van der Waals surface area (Å²) in [6.07, 6.45) is 0. The third-order valence-electron chi connectivity index (χ3n) is 4.13. The quantitative estimate of drug-likeness (QED) is 0.629. The molecule has 0 heterocycles. The van der Waals surface area contributed by atoms with Crippen molar-refractivity contribution in [3.63, 3.8) is 0 Å². The van der Waals surface area contributed by atoms with Gasteiger partial charge in [-0.1, -0.05) is 54.6 Å². The third kappa shape index (κ3) is 3.41. The summed E-state index contributed by atoms with van der Waals surface area (Å²) in [5.74, 6) is -4.29. The van der Waals surface area contributed by atoms with Gasteiger partial charge in [-0.05, 0) is 34.4 Å². The maximum Gasteiger partial charge on any atom is 0.337 e. The molecule has 0 aliphatic carbocycles. The summed E-state index contributed by atoms with van der Waals surface area (Å²) in [6, 6.07) is 18.1. The van der Waals surface area contributed by atoms with Crippen LogP contribution in [0.25, 0.3) is 22.3 Å². The van der Waals surface area contributed by atoms with E-state index >= 15 is 0 Å². The van der Waals surface area contributed by atoms with E-state index in [0.717, 1.165) is 11.6 Å². The average molecular weight is 362 g/mol. The van der Waals surface area contributed by atoms with Crippen LogP contribution in [-0.4, -0.2) is 33.2 Å². The lowest BCUT2D eigenvalue weighted by Gasteiger charge is -2.15. The van der Waals surface area contributed by atoms with Gasteiger partial charge in [0.25, 0.3) is 0 Å². The van der Waals surface area contributed by atoms with Crippen molar-refractivity contribution in [1.82, 2.24) is 0 Å². The van der Waals surface area contributed by atoms with Crippen LogP contribution in [0.2, 0.25) is 0 Å². The Balaban J connectivity index is 2.40. The van der Waals surface area contributed by atoms with E-state index in [2.05, 4.69) is 0 Å². The summed E-state index contributed by atoms with van der Waals surface area (Å²) in [6.45, 7) is 0. The second-order valence-electron chi connectivity index (χ2n) is 5.77. The highest BCUT2D eigenvalue weighted by Crippen LogP contribution is 2.36. The number of rotatable bonds is 5. The van der Waals surface area contributed by atoms with Gasteiger partial charge < -0.3 is 15.3 Å². The maximum atomic E-state index is 11.8. The molecule has 0 fully saturated rings. The molecule has 27 heavy (non-hydrogen) atoms. The van der Waals surface area contributed by atoms with Gasteiger partial charge >= 0.3 is 17.9 Å². The molecule has 6 nitrogen and oxygen atoms in total. The van der Waals surface area contributed by atoms with Crippen LogP contribution < -0.4 is 0 Å². The number of aromatic carboxylic acids is 3. The lowest BCUT2D eigenvalue weighted by molar-refractivity contribution is 0.0650. The van der Waals surface area contributed by atoms with Gasteiger partial charge in [-0.25, -0.2) is 14.4 Å². The predicted octanol–water partition coefficient (Wildman–Crippen LogP) is 4.12. The topological polar surface area (TPSA) is 112 Å². The second kappa shape index (κ2) is 7.13. The number of hydrogen-bond acceptors (Lipinski definition) is 3. The molecule has 0 saturated heterocycles. The van der Waals surface area contributed by atoms with Crippen molar-refractivity contribution in [3.05, 3.63) is 83.4 Å². The van der Waals surface area contributed by atoms with E-state index in [4.69, 9.17) is 0 Å². The Morgan fingerprint density at radius 3 is 1.74 bits per heavy atom. The monoisotopic (exact) mass is 362 g/mol. The summed E-state index contributed by atoms with van der Waals surface area (Å²) in [5, 5.41) is 28.4. The molecule has 0 aliphatic rings. The molecule has 0 bridgehead atoms. The molecule has 134 valence electrons. The summed E-state index contributed by atoms with van der Waals surface area (Å²) in [5.41, 5.74) is 0.624. The van der Waals surface area contributed by atoms with Gasteiger partial charge in [-0.2, -0.15) is 0 Å². The molecule has 0 spiro atoms. The van der Waals surface area contributed by atoms with E-state index < -0.39 is 29.0 Å². The minimum atomic E-state index is -1.51. The van der Waals surface area contributed by atoms with Crippen LogP contribution in [0.1, 0.15) is 31.1 Å². The molecule has 0 amide bonds. The SMILES string of the molecule is O=C(O)c1cc(C(=O)O)c(C(=O)O)c(-c2ccccc2-c2ccccc2)c1. The van der Waals surface area contributed by atoms with Gasteiger partial charge in [0.1, 0.15) is 0 Å². The van der Waals surface area contributed by atoms with Crippen molar-refractivity contribution in [2.75, 3.05) is 0 Å².